The van der Waals surface area contributed by atoms with E-state index in [0.717, 1.165) is 76.5 Å². The summed E-state index contributed by atoms with van der Waals surface area (Å²) in [7, 11) is 0. The summed E-state index contributed by atoms with van der Waals surface area (Å²) >= 11 is 0. The van der Waals surface area contributed by atoms with Crippen molar-refractivity contribution in [3.05, 3.63) is 72.6 Å². The number of aryl methyl sites for hydroxylation is 1. The summed E-state index contributed by atoms with van der Waals surface area (Å²) in [5.41, 5.74) is 6.67. The van der Waals surface area contributed by atoms with Crippen LogP contribution in [0.4, 0.5) is 0 Å². The first-order chi connectivity index (χ1) is 19.1. The number of hydrogen-bond acceptors (Lipinski definition) is 5. The maximum atomic E-state index is 11.4. The zero-order valence-corrected chi connectivity index (χ0v) is 21.9. The van der Waals surface area contributed by atoms with Gasteiger partial charge in [0.05, 0.1) is 23.3 Å². The molecule has 0 unspecified atom stereocenters. The van der Waals surface area contributed by atoms with Crippen molar-refractivity contribution in [2.24, 2.45) is 0 Å². The van der Waals surface area contributed by atoms with Gasteiger partial charge < -0.3 is 24.7 Å². The monoisotopic (exact) mass is 521 g/mol. The lowest BCUT2D eigenvalue weighted by atomic mass is 10.0. The van der Waals surface area contributed by atoms with Gasteiger partial charge in [-0.05, 0) is 66.9 Å². The van der Waals surface area contributed by atoms with Crippen LogP contribution in [0.15, 0.2) is 66.9 Å². The first-order valence-electron chi connectivity index (χ1n) is 13.6. The Labute approximate surface area is 226 Å². The molecule has 5 aromatic rings. The molecule has 1 saturated heterocycles. The zero-order chi connectivity index (χ0) is 26.3. The lowest BCUT2D eigenvalue weighted by Gasteiger charge is -2.19. The van der Waals surface area contributed by atoms with E-state index in [1.807, 2.05) is 6.07 Å². The van der Waals surface area contributed by atoms with Gasteiger partial charge in [0, 0.05) is 48.2 Å². The van der Waals surface area contributed by atoms with E-state index in [1.54, 1.807) is 0 Å². The predicted octanol–water partition coefficient (Wildman–Crippen LogP) is 4.60. The van der Waals surface area contributed by atoms with E-state index in [-0.39, 0.29) is 11.9 Å². The fourth-order valence-electron chi connectivity index (χ4n) is 5.80. The molecule has 1 fully saturated rings. The molecule has 0 spiro atoms. The molecule has 4 heterocycles. The standard InChI is InChI=1S/C31H31N5O3/c1-20-26-18-23(7-8-28(26)36(34-20)14-12-32-19-22-6-10-31(37)33-22)35-13-11-25-24(3-2-4-27(25)35)21-5-9-29-30(17-21)39-16-15-38-29/h2-5,7-9,11,13,17-18,22,32H,6,10,12,14-16,19H2,1H3,(H,33,37)/t22-/m0/s1. The molecule has 2 aliphatic heterocycles. The number of amides is 1. The minimum atomic E-state index is 0.154. The average molecular weight is 522 g/mol. The van der Waals surface area contributed by atoms with Crippen molar-refractivity contribution in [3.8, 4) is 28.3 Å². The van der Waals surface area contributed by atoms with Crippen LogP contribution in [0.5, 0.6) is 11.5 Å². The smallest absolute Gasteiger partial charge is 0.220 e. The van der Waals surface area contributed by atoms with E-state index in [4.69, 9.17) is 14.6 Å². The molecule has 0 bridgehead atoms. The highest BCUT2D eigenvalue weighted by atomic mass is 16.6. The maximum Gasteiger partial charge on any atom is 0.220 e. The second-order valence-electron chi connectivity index (χ2n) is 10.3. The van der Waals surface area contributed by atoms with E-state index in [1.165, 1.54) is 5.39 Å². The zero-order valence-electron chi connectivity index (χ0n) is 21.9. The molecule has 39 heavy (non-hydrogen) atoms. The second kappa shape index (κ2) is 9.78. The fourth-order valence-corrected chi connectivity index (χ4v) is 5.80. The summed E-state index contributed by atoms with van der Waals surface area (Å²) in [5, 5.41) is 13.6. The van der Waals surface area contributed by atoms with Crippen LogP contribution in [-0.4, -0.2) is 52.6 Å². The van der Waals surface area contributed by atoms with Crippen molar-refractivity contribution in [2.45, 2.75) is 32.4 Å². The second-order valence-corrected chi connectivity index (χ2v) is 10.3. The number of hydrogen-bond donors (Lipinski definition) is 2. The molecule has 8 nitrogen and oxygen atoms in total. The first kappa shape index (κ1) is 23.8. The first-order valence-corrected chi connectivity index (χ1v) is 13.6. The lowest BCUT2D eigenvalue weighted by Crippen LogP contribution is -2.36. The summed E-state index contributed by atoms with van der Waals surface area (Å²) in [6.07, 6.45) is 3.68. The number of nitrogens with zero attached hydrogens (tertiary/aromatic N) is 3. The Hall–Kier alpha value is -4.30. The Kier molecular flexibility index (Phi) is 5.97. The number of benzene rings is 3. The SMILES string of the molecule is Cc1nn(CCNC[C@@H]2CCC(=O)N2)c2ccc(-n3ccc4c(-c5ccc6c(c5)OCCO6)cccc43)cc12. The third kappa shape index (κ3) is 4.40. The van der Waals surface area contributed by atoms with Crippen LogP contribution in [-0.2, 0) is 11.3 Å². The minimum absolute atomic E-state index is 0.154. The van der Waals surface area contributed by atoms with Crippen LogP contribution in [0.3, 0.4) is 0 Å². The van der Waals surface area contributed by atoms with Gasteiger partial charge in [-0.1, -0.05) is 18.2 Å². The quantitative estimate of drug-likeness (QED) is 0.306. The van der Waals surface area contributed by atoms with E-state index >= 15 is 0 Å². The van der Waals surface area contributed by atoms with Gasteiger partial charge in [0.2, 0.25) is 5.91 Å². The number of fused-ring (bicyclic) bond motifs is 3. The molecule has 2 aliphatic rings. The third-order valence-corrected chi connectivity index (χ3v) is 7.76. The largest absolute Gasteiger partial charge is 0.486 e. The molecule has 0 radical (unpaired) electrons. The van der Waals surface area contributed by atoms with Crippen LogP contribution in [0.25, 0.3) is 38.6 Å². The van der Waals surface area contributed by atoms with Gasteiger partial charge in [0.1, 0.15) is 13.2 Å². The van der Waals surface area contributed by atoms with Crippen molar-refractivity contribution < 1.29 is 14.3 Å². The van der Waals surface area contributed by atoms with Gasteiger partial charge in [-0.15, -0.1) is 0 Å². The summed E-state index contributed by atoms with van der Waals surface area (Å²) in [4.78, 5) is 11.4. The Balaban J connectivity index is 1.14. The van der Waals surface area contributed by atoms with Gasteiger partial charge in [-0.2, -0.15) is 5.10 Å². The Morgan fingerprint density at radius 2 is 1.90 bits per heavy atom. The number of carbonyl (C=O) groups is 1. The molecular formula is C31H31N5O3. The topological polar surface area (TPSA) is 82.3 Å². The number of rotatable bonds is 7. The number of ether oxygens (including phenoxy) is 2. The van der Waals surface area contributed by atoms with E-state index in [9.17, 15) is 4.79 Å². The van der Waals surface area contributed by atoms with Crippen LogP contribution in [0, 0.1) is 6.92 Å². The predicted molar refractivity (Wildman–Crippen MR) is 152 cm³/mol. The Morgan fingerprint density at radius 3 is 2.77 bits per heavy atom. The van der Waals surface area contributed by atoms with Gasteiger partial charge in [-0.3, -0.25) is 9.48 Å². The highest BCUT2D eigenvalue weighted by Gasteiger charge is 2.20. The van der Waals surface area contributed by atoms with E-state index in [0.29, 0.717) is 19.6 Å². The molecule has 8 heteroatoms. The lowest BCUT2D eigenvalue weighted by molar-refractivity contribution is -0.119. The van der Waals surface area contributed by atoms with Crippen LogP contribution in [0.1, 0.15) is 18.5 Å². The minimum Gasteiger partial charge on any atom is -0.486 e. The molecule has 3 aromatic carbocycles. The molecule has 1 atom stereocenters. The highest BCUT2D eigenvalue weighted by Crippen LogP contribution is 2.37. The molecule has 0 aliphatic carbocycles. The molecule has 198 valence electrons. The highest BCUT2D eigenvalue weighted by molar-refractivity contribution is 5.97. The maximum absolute atomic E-state index is 11.4. The number of aromatic nitrogens is 3. The molecule has 0 saturated carbocycles. The van der Waals surface area contributed by atoms with Gasteiger partial charge in [0.15, 0.2) is 11.5 Å². The van der Waals surface area contributed by atoms with Crippen molar-refractivity contribution in [3.63, 3.8) is 0 Å². The average Bonchev–Trinajstić information content (AvgIpc) is 3.67. The summed E-state index contributed by atoms with van der Waals surface area (Å²) < 4.78 is 15.8. The van der Waals surface area contributed by atoms with Gasteiger partial charge >= 0.3 is 0 Å². The Bertz CT molecular complexity index is 1700. The molecule has 2 N–H and O–H groups in total. The summed E-state index contributed by atoms with van der Waals surface area (Å²) in [5.74, 6) is 1.76. The van der Waals surface area contributed by atoms with Gasteiger partial charge in [0.25, 0.3) is 0 Å². The van der Waals surface area contributed by atoms with Crippen molar-refractivity contribution in [1.82, 2.24) is 25.0 Å². The molecular weight excluding hydrogens is 490 g/mol. The van der Waals surface area contributed by atoms with E-state index < -0.39 is 0 Å². The molecule has 7 rings (SSSR count). The van der Waals surface area contributed by atoms with Gasteiger partial charge in [-0.25, -0.2) is 0 Å². The van der Waals surface area contributed by atoms with Crippen LogP contribution in [0.2, 0.25) is 0 Å². The Morgan fingerprint density at radius 1 is 1.00 bits per heavy atom. The van der Waals surface area contributed by atoms with Crippen molar-refractivity contribution >= 4 is 27.7 Å². The van der Waals surface area contributed by atoms with Crippen molar-refractivity contribution in [1.29, 1.82) is 0 Å². The summed E-state index contributed by atoms with van der Waals surface area (Å²) in [6, 6.07) is 21.6. The number of nitrogens with one attached hydrogen (secondary N) is 2. The fraction of sp³-hybridized carbons (Fsp3) is 0.290. The van der Waals surface area contributed by atoms with Crippen molar-refractivity contribution in [2.75, 3.05) is 26.3 Å². The normalized spacial score (nSPS) is 16.7. The number of carbonyl (C=O) groups excluding carboxylic acids is 1. The third-order valence-electron chi connectivity index (χ3n) is 7.76. The molecule has 1 amide bonds. The van der Waals surface area contributed by atoms with Crippen LogP contribution >= 0.6 is 0 Å². The summed E-state index contributed by atoms with van der Waals surface area (Å²) in [6.45, 7) is 5.60. The molecule has 2 aromatic heterocycles. The van der Waals surface area contributed by atoms with E-state index in [2.05, 4.69) is 87.6 Å². The van der Waals surface area contributed by atoms with Crippen LogP contribution < -0.4 is 20.1 Å².